The number of hydrogen-bond donors (Lipinski definition) is 2. The van der Waals surface area contributed by atoms with Crippen LogP contribution in [-0.2, 0) is 4.79 Å². The number of hydrogen-bond acceptors (Lipinski definition) is 3. The van der Waals surface area contributed by atoms with Crippen molar-refractivity contribution in [2.75, 3.05) is 6.61 Å². The lowest BCUT2D eigenvalue weighted by atomic mass is 10.0. The molecule has 0 aliphatic rings. The van der Waals surface area contributed by atoms with Gasteiger partial charge in [0.1, 0.15) is 0 Å². The summed E-state index contributed by atoms with van der Waals surface area (Å²) in [5.74, 6) is -0.194. The Morgan fingerprint density at radius 1 is 1.88 bits per heavy atom. The van der Waals surface area contributed by atoms with E-state index in [0.29, 0.717) is 0 Å². The molecule has 0 fully saturated rings. The summed E-state index contributed by atoms with van der Waals surface area (Å²) in [6, 6.07) is 0. The van der Waals surface area contributed by atoms with Crippen LogP contribution < -0.4 is 5.73 Å². The molecule has 3 nitrogen and oxygen atoms in total. The van der Waals surface area contributed by atoms with E-state index >= 15 is 0 Å². The number of Topliss-reactive ketones (excluding diaryl/α,β-unsaturated/α-hetero) is 1. The Kier molecular flexibility index (Phi) is 2.12. The van der Waals surface area contributed by atoms with Gasteiger partial charge in [-0.05, 0) is 13.8 Å². The van der Waals surface area contributed by atoms with Gasteiger partial charge in [-0.3, -0.25) is 4.79 Å². The molecule has 0 spiro atoms. The Hall–Kier alpha value is -0.410. The SMILES string of the molecule is CC(=O)[C@@](C)(N)CO. The molecule has 0 heterocycles. The molecule has 0 aromatic rings. The number of carbonyl (C=O) groups is 1. The molecule has 0 bridgehead atoms. The minimum atomic E-state index is -1.04. The van der Waals surface area contributed by atoms with E-state index in [2.05, 4.69) is 0 Å². The lowest BCUT2D eigenvalue weighted by molar-refractivity contribution is -0.122. The van der Waals surface area contributed by atoms with E-state index in [1.54, 1.807) is 0 Å². The minimum absolute atomic E-state index is 0.194. The minimum Gasteiger partial charge on any atom is -0.394 e. The number of carbonyl (C=O) groups excluding carboxylic acids is 1. The number of ketones is 1. The number of rotatable bonds is 2. The summed E-state index contributed by atoms with van der Waals surface area (Å²) in [5.41, 5.74) is 4.22. The van der Waals surface area contributed by atoms with E-state index in [-0.39, 0.29) is 12.4 Å². The van der Waals surface area contributed by atoms with Crippen LogP contribution in [0, 0.1) is 0 Å². The van der Waals surface area contributed by atoms with Crippen molar-refractivity contribution in [3.63, 3.8) is 0 Å². The molecule has 0 saturated carbocycles. The Labute approximate surface area is 48.5 Å². The molecule has 0 radical (unpaired) electrons. The second-order valence-corrected chi connectivity index (χ2v) is 2.13. The number of aliphatic hydroxyl groups excluding tert-OH is 1. The second-order valence-electron chi connectivity index (χ2n) is 2.13. The first-order chi connectivity index (χ1) is 3.50. The zero-order chi connectivity index (χ0) is 6.78. The highest BCUT2D eigenvalue weighted by molar-refractivity contribution is 5.85. The maximum Gasteiger partial charge on any atom is 0.151 e. The molecule has 0 amide bonds. The fourth-order valence-corrected chi connectivity index (χ4v) is 0.111. The Balaban J connectivity index is 3.91. The van der Waals surface area contributed by atoms with Crippen LogP contribution >= 0.6 is 0 Å². The van der Waals surface area contributed by atoms with Crippen LogP contribution in [0.15, 0.2) is 0 Å². The molecule has 0 unspecified atom stereocenters. The monoisotopic (exact) mass is 117 g/mol. The van der Waals surface area contributed by atoms with Crippen molar-refractivity contribution < 1.29 is 9.90 Å². The normalized spacial score (nSPS) is 17.5. The highest BCUT2D eigenvalue weighted by Gasteiger charge is 2.22. The van der Waals surface area contributed by atoms with Gasteiger partial charge in [0.25, 0.3) is 0 Å². The van der Waals surface area contributed by atoms with Crippen molar-refractivity contribution in [3.05, 3.63) is 0 Å². The Bertz CT molecular complexity index is 98.6. The lowest BCUT2D eigenvalue weighted by Crippen LogP contribution is -2.46. The first kappa shape index (κ1) is 7.59. The van der Waals surface area contributed by atoms with E-state index in [1.165, 1.54) is 13.8 Å². The second kappa shape index (κ2) is 2.24. The summed E-state index contributed by atoms with van der Waals surface area (Å²) < 4.78 is 0. The summed E-state index contributed by atoms with van der Waals surface area (Å²) in [4.78, 5) is 10.4. The first-order valence-corrected chi connectivity index (χ1v) is 2.41. The molecular weight excluding hydrogens is 106 g/mol. The van der Waals surface area contributed by atoms with Gasteiger partial charge < -0.3 is 10.8 Å². The topological polar surface area (TPSA) is 63.3 Å². The summed E-state index contributed by atoms with van der Waals surface area (Å²) in [5, 5.41) is 8.42. The third-order valence-electron chi connectivity index (χ3n) is 1.13. The van der Waals surface area contributed by atoms with Crippen molar-refractivity contribution >= 4 is 5.78 Å². The van der Waals surface area contributed by atoms with E-state index in [4.69, 9.17) is 10.8 Å². The smallest absolute Gasteiger partial charge is 0.151 e. The summed E-state index contributed by atoms with van der Waals surface area (Å²) in [6.07, 6.45) is 0. The van der Waals surface area contributed by atoms with Crippen LogP contribution in [0.4, 0.5) is 0 Å². The molecule has 48 valence electrons. The molecule has 3 N–H and O–H groups in total. The zero-order valence-electron chi connectivity index (χ0n) is 5.14. The van der Waals surface area contributed by atoms with Gasteiger partial charge in [-0.1, -0.05) is 0 Å². The molecule has 8 heavy (non-hydrogen) atoms. The fourth-order valence-electron chi connectivity index (χ4n) is 0.111. The maximum atomic E-state index is 10.4. The molecule has 0 saturated heterocycles. The van der Waals surface area contributed by atoms with Crippen LogP contribution in [0.5, 0.6) is 0 Å². The molecule has 1 atom stereocenters. The molecule has 3 heteroatoms. The van der Waals surface area contributed by atoms with Gasteiger partial charge in [-0.2, -0.15) is 0 Å². The number of aliphatic hydroxyl groups is 1. The standard InChI is InChI=1S/C5H11NO2/c1-4(8)5(2,6)3-7/h7H,3,6H2,1-2H3/t5-/m0/s1. The fraction of sp³-hybridized carbons (Fsp3) is 0.800. The van der Waals surface area contributed by atoms with E-state index in [9.17, 15) is 4.79 Å². The summed E-state index contributed by atoms with van der Waals surface area (Å²) in [7, 11) is 0. The van der Waals surface area contributed by atoms with Gasteiger partial charge in [0.05, 0.1) is 12.1 Å². The maximum absolute atomic E-state index is 10.4. The Morgan fingerprint density at radius 2 is 2.25 bits per heavy atom. The third kappa shape index (κ3) is 1.60. The molecular formula is C5H11NO2. The summed E-state index contributed by atoms with van der Waals surface area (Å²) in [6.45, 7) is 2.56. The van der Waals surface area contributed by atoms with Crippen molar-refractivity contribution in [1.82, 2.24) is 0 Å². The number of nitrogens with two attached hydrogens (primary N) is 1. The van der Waals surface area contributed by atoms with Crippen LogP contribution in [0.3, 0.4) is 0 Å². The average Bonchev–Trinajstić information content (AvgIpc) is 1.67. The van der Waals surface area contributed by atoms with Gasteiger partial charge in [0.15, 0.2) is 5.78 Å². The van der Waals surface area contributed by atoms with Crippen molar-refractivity contribution in [2.24, 2.45) is 5.73 Å². The van der Waals surface area contributed by atoms with Gasteiger partial charge >= 0.3 is 0 Å². The van der Waals surface area contributed by atoms with E-state index in [1.807, 2.05) is 0 Å². The average molecular weight is 117 g/mol. The van der Waals surface area contributed by atoms with Crippen LogP contribution in [0.2, 0.25) is 0 Å². The zero-order valence-corrected chi connectivity index (χ0v) is 5.14. The quantitative estimate of drug-likeness (QED) is 0.502. The molecule has 0 aliphatic heterocycles. The van der Waals surface area contributed by atoms with Crippen molar-refractivity contribution in [1.29, 1.82) is 0 Å². The molecule has 0 aliphatic carbocycles. The molecule has 0 aromatic heterocycles. The van der Waals surface area contributed by atoms with E-state index < -0.39 is 5.54 Å². The van der Waals surface area contributed by atoms with Crippen LogP contribution in [0.1, 0.15) is 13.8 Å². The van der Waals surface area contributed by atoms with Crippen molar-refractivity contribution in [3.8, 4) is 0 Å². The van der Waals surface area contributed by atoms with Gasteiger partial charge in [-0.15, -0.1) is 0 Å². The Morgan fingerprint density at radius 3 is 2.25 bits per heavy atom. The third-order valence-corrected chi connectivity index (χ3v) is 1.13. The van der Waals surface area contributed by atoms with Gasteiger partial charge in [-0.25, -0.2) is 0 Å². The highest BCUT2D eigenvalue weighted by atomic mass is 16.3. The highest BCUT2D eigenvalue weighted by Crippen LogP contribution is 1.96. The lowest BCUT2D eigenvalue weighted by Gasteiger charge is -2.16. The largest absolute Gasteiger partial charge is 0.394 e. The van der Waals surface area contributed by atoms with Crippen molar-refractivity contribution in [2.45, 2.75) is 19.4 Å². The van der Waals surface area contributed by atoms with Gasteiger partial charge in [0, 0.05) is 0 Å². The van der Waals surface area contributed by atoms with E-state index in [0.717, 1.165) is 0 Å². The predicted octanol–water partition coefficient (Wildman–Crippen LogP) is -0.715. The van der Waals surface area contributed by atoms with Crippen LogP contribution in [0.25, 0.3) is 0 Å². The van der Waals surface area contributed by atoms with Gasteiger partial charge in [0.2, 0.25) is 0 Å². The first-order valence-electron chi connectivity index (χ1n) is 2.41. The molecule has 0 rings (SSSR count). The predicted molar refractivity (Wildman–Crippen MR) is 30.4 cm³/mol. The summed E-state index contributed by atoms with van der Waals surface area (Å²) >= 11 is 0. The molecule has 0 aromatic carbocycles. The van der Waals surface area contributed by atoms with Crippen LogP contribution in [-0.4, -0.2) is 23.0 Å².